The number of rotatable bonds is 2. The van der Waals surface area contributed by atoms with Crippen LogP contribution in [0.4, 0.5) is 0 Å². The maximum atomic E-state index is 11.3. The number of aromatic hydroxyl groups is 1. The number of carbonyl (C=O) groups is 1. The Labute approximate surface area is 99.1 Å². The summed E-state index contributed by atoms with van der Waals surface area (Å²) in [4.78, 5) is 11.3. The molecule has 0 aliphatic heterocycles. The summed E-state index contributed by atoms with van der Waals surface area (Å²) in [5.74, 6) is -0.685. The van der Waals surface area contributed by atoms with E-state index in [0.29, 0.717) is 5.69 Å². The summed E-state index contributed by atoms with van der Waals surface area (Å²) in [5, 5.41) is 19.5. The average molecular weight is 233 g/mol. The van der Waals surface area contributed by atoms with Crippen molar-refractivity contribution in [1.82, 2.24) is 4.57 Å². The van der Waals surface area contributed by atoms with Gasteiger partial charge < -0.3 is 14.8 Å². The van der Waals surface area contributed by atoms with Gasteiger partial charge in [0.25, 0.3) is 0 Å². The minimum absolute atomic E-state index is 0.183. The predicted molar refractivity (Wildman–Crippen MR) is 65.2 cm³/mol. The number of aromatic nitrogens is 1. The normalized spacial score (nSPS) is 11.9. The number of phenolic OH excluding ortho intramolecular Hbond substituents is 1. The summed E-state index contributed by atoms with van der Waals surface area (Å²) in [7, 11) is 1.83. The number of hydrogen-bond acceptors (Lipinski definition) is 2. The molecule has 1 heterocycles. The predicted octanol–water partition coefficient (Wildman–Crippen LogP) is 2.25. The first-order valence-electron chi connectivity index (χ1n) is 5.36. The molecule has 0 bridgehead atoms. The highest BCUT2D eigenvalue weighted by Crippen LogP contribution is 2.30. The van der Waals surface area contributed by atoms with Crippen molar-refractivity contribution < 1.29 is 15.0 Å². The van der Waals surface area contributed by atoms with Crippen molar-refractivity contribution >= 4 is 16.9 Å². The van der Waals surface area contributed by atoms with E-state index in [1.807, 2.05) is 17.7 Å². The summed E-state index contributed by atoms with van der Waals surface area (Å²) in [5.41, 5.74) is 0.668. The van der Waals surface area contributed by atoms with Crippen molar-refractivity contribution in [2.45, 2.75) is 19.3 Å². The fraction of sp³-hybridized carbons (Fsp3) is 0.308. The van der Waals surface area contributed by atoms with Gasteiger partial charge in [-0.25, -0.2) is 0 Å². The molecule has 0 fully saturated rings. The topological polar surface area (TPSA) is 62.5 Å². The van der Waals surface area contributed by atoms with Gasteiger partial charge >= 0.3 is 5.97 Å². The van der Waals surface area contributed by atoms with Crippen molar-refractivity contribution in [3.63, 3.8) is 0 Å². The summed E-state index contributed by atoms with van der Waals surface area (Å²) < 4.78 is 1.85. The second-order valence-electron chi connectivity index (χ2n) is 4.76. The van der Waals surface area contributed by atoms with Crippen LogP contribution in [0.3, 0.4) is 0 Å². The van der Waals surface area contributed by atoms with E-state index in [-0.39, 0.29) is 5.75 Å². The van der Waals surface area contributed by atoms with Crippen LogP contribution in [-0.2, 0) is 17.3 Å². The van der Waals surface area contributed by atoms with E-state index in [1.165, 1.54) is 0 Å². The average Bonchev–Trinajstić information content (AvgIpc) is 2.55. The Morgan fingerprint density at radius 2 is 1.94 bits per heavy atom. The van der Waals surface area contributed by atoms with Crippen molar-refractivity contribution in [2.75, 3.05) is 0 Å². The number of benzene rings is 1. The highest BCUT2D eigenvalue weighted by molar-refractivity contribution is 5.87. The van der Waals surface area contributed by atoms with Crippen LogP contribution in [0.15, 0.2) is 24.3 Å². The number of fused-ring (bicyclic) bond motifs is 1. The fourth-order valence-corrected chi connectivity index (χ4v) is 2.05. The Hall–Kier alpha value is -1.97. The van der Waals surface area contributed by atoms with E-state index in [2.05, 4.69) is 0 Å². The number of aryl methyl sites for hydroxylation is 1. The van der Waals surface area contributed by atoms with Crippen molar-refractivity contribution in [2.24, 2.45) is 7.05 Å². The maximum Gasteiger partial charge on any atom is 0.315 e. The lowest BCUT2D eigenvalue weighted by Crippen LogP contribution is -2.30. The van der Waals surface area contributed by atoms with Crippen molar-refractivity contribution in [3.8, 4) is 5.75 Å². The summed E-state index contributed by atoms with van der Waals surface area (Å²) >= 11 is 0. The van der Waals surface area contributed by atoms with Crippen LogP contribution in [0.1, 0.15) is 19.5 Å². The molecule has 1 aromatic heterocycles. The van der Waals surface area contributed by atoms with Gasteiger partial charge in [0.15, 0.2) is 0 Å². The van der Waals surface area contributed by atoms with Gasteiger partial charge in [-0.1, -0.05) is 0 Å². The van der Waals surface area contributed by atoms with Crippen LogP contribution in [0.2, 0.25) is 0 Å². The lowest BCUT2D eigenvalue weighted by molar-refractivity contribution is -0.142. The summed E-state index contributed by atoms with van der Waals surface area (Å²) in [6, 6.07) is 6.83. The number of aliphatic carboxylic acids is 1. The van der Waals surface area contributed by atoms with Crippen molar-refractivity contribution in [1.29, 1.82) is 0 Å². The van der Waals surface area contributed by atoms with Crippen LogP contribution in [-0.4, -0.2) is 20.7 Å². The van der Waals surface area contributed by atoms with Gasteiger partial charge in [0.1, 0.15) is 11.2 Å². The molecule has 2 N–H and O–H groups in total. The largest absolute Gasteiger partial charge is 0.508 e. The SMILES string of the molecule is Cn1c(C(C)(C)C(=O)O)cc2cc(O)ccc21. The highest BCUT2D eigenvalue weighted by Gasteiger charge is 2.32. The van der Waals surface area contributed by atoms with Gasteiger partial charge in [0, 0.05) is 23.6 Å². The molecule has 0 saturated heterocycles. The van der Waals surface area contributed by atoms with Gasteiger partial charge in [0.05, 0.1) is 0 Å². The van der Waals surface area contributed by atoms with Crippen LogP contribution >= 0.6 is 0 Å². The van der Waals surface area contributed by atoms with Gasteiger partial charge in [0.2, 0.25) is 0 Å². The summed E-state index contributed by atoms with van der Waals surface area (Å²) in [6.07, 6.45) is 0. The smallest absolute Gasteiger partial charge is 0.315 e. The molecule has 0 atom stereocenters. The quantitative estimate of drug-likeness (QED) is 0.836. The zero-order valence-electron chi connectivity index (χ0n) is 10.1. The Morgan fingerprint density at radius 3 is 2.53 bits per heavy atom. The van der Waals surface area contributed by atoms with Gasteiger partial charge in [-0.15, -0.1) is 0 Å². The summed E-state index contributed by atoms with van der Waals surface area (Å²) in [6.45, 7) is 3.34. The van der Waals surface area contributed by atoms with Gasteiger partial charge in [-0.2, -0.15) is 0 Å². The Bertz CT molecular complexity index is 596. The van der Waals surface area contributed by atoms with E-state index < -0.39 is 11.4 Å². The van der Waals surface area contributed by atoms with E-state index in [1.54, 1.807) is 32.0 Å². The minimum atomic E-state index is -0.955. The molecular weight excluding hydrogens is 218 g/mol. The third kappa shape index (κ3) is 1.65. The van der Waals surface area contributed by atoms with Gasteiger partial charge in [-0.05, 0) is 38.1 Å². The number of phenols is 1. The molecule has 0 aliphatic rings. The van der Waals surface area contributed by atoms with E-state index >= 15 is 0 Å². The first-order valence-corrected chi connectivity index (χ1v) is 5.36. The zero-order valence-corrected chi connectivity index (χ0v) is 10.1. The second kappa shape index (κ2) is 3.52. The monoisotopic (exact) mass is 233 g/mol. The Balaban J connectivity index is 2.72. The minimum Gasteiger partial charge on any atom is -0.508 e. The van der Waals surface area contributed by atoms with Crippen LogP contribution in [0, 0.1) is 0 Å². The molecule has 2 aromatic rings. The number of nitrogens with zero attached hydrogens (tertiary/aromatic N) is 1. The standard InChI is InChI=1S/C13H15NO3/c1-13(2,12(16)17)11-7-8-6-9(15)4-5-10(8)14(11)3/h4-7,15H,1-3H3,(H,16,17). The number of carboxylic acids is 1. The number of carboxylic acid groups (broad SMARTS) is 1. The molecule has 0 unspecified atom stereocenters. The Kier molecular flexibility index (Phi) is 2.38. The first kappa shape index (κ1) is 11.5. The highest BCUT2D eigenvalue weighted by atomic mass is 16.4. The molecule has 90 valence electrons. The molecule has 0 radical (unpaired) electrons. The van der Waals surface area contributed by atoms with Crippen LogP contribution in [0.25, 0.3) is 10.9 Å². The molecular formula is C13H15NO3. The molecule has 0 spiro atoms. The third-order valence-corrected chi connectivity index (χ3v) is 3.20. The zero-order chi connectivity index (χ0) is 12.8. The lowest BCUT2D eigenvalue weighted by atomic mass is 9.89. The number of hydrogen-bond donors (Lipinski definition) is 2. The molecule has 2 rings (SSSR count). The van der Waals surface area contributed by atoms with Crippen LogP contribution < -0.4 is 0 Å². The van der Waals surface area contributed by atoms with Crippen molar-refractivity contribution in [3.05, 3.63) is 30.0 Å². The molecule has 0 saturated carbocycles. The molecule has 4 nitrogen and oxygen atoms in total. The third-order valence-electron chi connectivity index (χ3n) is 3.20. The Morgan fingerprint density at radius 1 is 1.29 bits per heavy atom. The molecule has 0 aliphatic carbocycles. The fourth-order valence-electron chi connectivity index (χ4n) is 2.05. The van der Waals surface area contributed by atoms with E-state index in [9.17, 15) is 15.0 Å². The molecule has 4 heteroatoms. The van der Waals surface area contributed by atoms with E-state index in [0.717, 1.165) is 10.9 Å². The van der Waals surface area contributed by atoms with E-state index in [4.69, 9.17) is 0 Å². The van der Waals surface area contributed by atoms with Crippen LogP contribution in [0.5, 0.6) is 5.75 Å². The molecule has 17 heavy (non-hydrogen) atoms. The molecule has 1 aromatic carbocycles. The van der Waals surface area contributed by atoms with Gasteiger partial charge in [-0.3, -0.25) is 4.79 Å². The second-order valence-corrected chi connectivity index (χ2v) is 4.76. The molecule has 0 amide bonds. The lowest BCUT2D eigenvalue weighted by Gasteiger charge is -2.20. The maximum absolute atomic E-state index is 11.3. The first-order chi connectivity index (χ1) is 7.84.